The van der Waals surface area contributed by atoms with Gasteiger partial charge in [0.05, 0.1) is 19.3 Å². The summed E-state index contributed by atoms with van der Waals surface area (Å²) in [6, 6.07) is 8.36. The average molecular weight is 288 g/mol. The van der Waals surface area contributed by atoms with E-state index in [1.165, 1.54) is 10.9 Å². The van der Waals surface area contributed by atoms with E-state index < -0.39 is 0 Å². The first-order chi connectivity index (χ1) is 10.0. The number of morpholine rings is 1. The topological polar surface area (TPSA) is 51.6 Å². The van der Waals surface area contributed by atoms with Gasteiger partial charge in [0.25, 0.3) is 0 Å². The number of rotatable bonds is 3. The number of nitrogens with two attached hydrogens (primary N) is 1. The summed E-state index contributed by atoms with van der Waals surface area (Å²) in [5.74, 6) is 0.967. The van der Waals surface area contributed by atoms with Crippen LogP contribution in [0.25, 0.3) is 11.0 Å². The van der Waals surface area contributed by atoms with Gasteiger partial charge >= 0.3 is 0 Å². The lowest BCUT2D eigenvalue weighted by Gasteiger charge is -2.46. The molecule has 4 heteroatoms. The van der Waals surface area contributed by atoms with Crippen molar-refractivity contribution in [1.82, 2.24) is 4.90 Å². The number of ether oxygens (including phenoxy) is 1. The molecule has 1 fully saturated rings. The monoisotopic (exact) mass is 288 g/mol. The van der Waals surface area contributed by atoms with Crippen molar-refractivity contribution in [3.05, 3.63) is 35.6 Å². The third-order valence-corrected chi connectivity index (χ3v) is 4.46. The third kappa shape index (κ3) is 2.48. The van der Waals surface area contributed by atoms with Gasteiger partial charge in [-0.3, -0.25) is 4.90 Å². The highest BCUT2D eigenvalue weighted by atomic mass is 16.5. The molecule has 4 nitrogen and oxygen atoms in total. The van der Waals surface area contributed by atoms with Crippen molar-refractivity contribution in [2.24, 2.45) is 5.73 Å². The Kier molecular flexibility index (Phi) is 3.78. The number of hydrogen-bond acceptors (Lipinski definition) is 4. The minimum Gasteiger partial charge on any atom is -0.461 e. The first kappa shape index (κ1) is 14.6. The van der Waals surface area contributed by atoms with Gasteiger partial charge in [0, 0.05) is 29.6 Å². The van der Waals surface area contributed by atoms with Crippen LogP contribution in [0.5, 0.6) is 0 Å². The van der Waals surface area contributed by atoms with Gasteiger partial charge < -0.3 is 14.9 Å². The Balaban J connectivity index is 2.08. The summed E-state index contributed by atoms with van der Waals surface area (Å²) in [6.07, 6.45) is 0. The number of furan rings is 1. The molecule has 0 aliphatic carbocycles. The quantitative estimate of drug-likeness (QED) is 0.943. The molecule has 1 aromatic heterocycles. The Morgan fingerprint density at radius 1 is 1.33 bits per heavy atom. The van der Waals surface area contributed by atoms with Crippen LogP contribution in [0.1, 0.15) is 31.2 Å². The molecule has 1 aliphatic rings. The zero-order valence-electron chi connectivity index (χ0n) is 13.1. The van der Waals surface area contributed by atoms with Crippen LogP contribution < -0.4 is 5.73 Å². The fraction of sp³-hybridized carbons (Fsp3) is 0.529. The fourth-order valence-electron chi connectivity index (χ4n) is 3.45. The molecule has 1 unspecified atom stereocenters. The van der Waals surface area contributed by atoms with Gasteiger partial charge in [-0.25, -0.2) is 0 Å². The summed E-state index contributed by atoms with van der Waals surface area (Å²) in [4.78, 5) is 2.46. The Bertz CT molecular complexity index is 633. The highest BCUT2D eigenvalue weighted by Crippen LogP contribution is 2.37. The number of aryl methyl sites for hydroxylation is 1. The molecular weight excluding hydrogens is 264 g/mol. The molecule has 0 amide bonds. The predicted molar refractivity (Wildman–Crippen MR) is 84.4 cm³/mol. The van der Waals surface area contributed by atoms with Crippen LogP contribution in [-0.4, -0.2) is 36.7 Å². The summed E-state index contributed by atoms with van der Waals surface area (Å²) in [5, 5.41) is 1.17. The lowest BCUT2D eigenvalue weighted by Crippen LogP contribution is -2.55. The molecule has 0 spiro atoms. The van der Waals surface area contributed by atoms with Gasteiger partial charge in [-0.1, -0.05) is 18.2 Å². The van der Waals surface area contributed by atoms with E-state index in [0.717, 1.165) is 31.1 Å². The minimum absolute atomic E-state index is 0.0207. The van der Waals surface area contributed by atoms with Crippen LogP contribution >= 0.6 is 0 Å². The summed E-state index contributed by atoms with van der Waals surface area (Å²) in [6.45, 7) is 9.43. The molecule has 21 heavy (non-hydrogen) atoms. The zero-order valence-corrected chi connectivity index (χ0v) is 13.1. The van der Waals surface area contributed by atoms with Gasteiger partial charge in [0.15, 0.2) is 0 Å². The van der Waals surface area contributed by atoms with Gasteiger partial charge in [-0.05, 0) is 26.8 Å². The lowest BCUT2D eigenvalue weighted by molar-refractivity contribution is -0.0712. The van der Waals surface area contributed by atoms with Crippen molar-refractivity contribution in [2.75, 3.05) is 26.3 Å². The first-order valence-electron chi connectivity index (χ1n) is 7.57. The zero-order chi connectivity index (χ0) is 15.0. The first-order valence-corrected chi connectivity index (χ1v) is 7.57. The summed E-state index contributed by atoms with van der Waals surface area (Å²) in [5.41, 5.74) is 8.30. The summed E-state index contributed by atoms with van der Waals surface area (Å²) in [7, 11) is 0. The molecule has 1 aliphatic heterocycles. The van der Waals surface area contributed by atoms with Crippen LogP contribution in [0, 0.1) is 6.92 Å². The lowest BCUT2D eigenvalue weighted by atomic mass is 9.94. The van der Waals surface area contributed by atoms with Crippen molar-refractivity contribution in [2.45, 2.75) is 32.4 Å². The summed E-state index contributed by atoms with van der Waals surface area (Å²) >= 11 is 0. The molecule has 0 bridgehead atoms. The highest BCUT2D eigenvalue weighted by molar-refractivity contribution is 5.82. The highest BCUT2D eigenvalue weighted by Gasteiger charge is 2.37. The number of para-hydroxylation sites is 1. The minimum atomic E-state index is -0.0207. The van der Waals surface area contributed by atoms with Gasteiger partial charge in [-0.2, -0.15) is 0 Å². The van der Waals surface area contributed by atoms with Gasteiger partial charge in [-0.15, -0.1) is 0 Å². The number of nitrogens with zero attached hydrogens (tertiary/aromatic N) is 1. The second kappa shape index (κ2) is 5.44. The second-order valence-corrected chi connectivity index (χ2v) is 6.38. The Morgan fingerprint density at radius 2 is 2.10 bits per heavy atom. The van der Waals surface area contributed by atoms with E-state index in [0.29, 0.717) is 6.54 Å². The smallest absolute Gasteiger partial charge is 0.134 e. The molecule has 0 radical (unpaired) electrons. The molecule has 1 aromatic carbocycles. The third-order valence-electron chi connectivity index (χ3n) is 4.46. The number of hydrogen-bond donors (Lipinski definition) is 1. The number of benzene rings is 1. The fourth-order valence-corrected chi connectivity index (χ4v) is 3.45. The Labute approximate surface area is 125 Å². The van der Waals surface area contributed by atoms with Crippen molar-refractivity contribution < 1.29 is 9.15 Å². The molecule has 1 atom stereocenters. The molecular formula is C17H24N2O2. The molecule has 1 saturated heterocycles. The predicted octanol–water partition coefficient (Wildman–Crippen LogP) is 2.85. The maximum atomic E-state index is 6.15. The van der Waals surface area contributed by atoms with Crippen molar-refractivity contribution in [3.8, 4) is 0 Å². The largest absolute Gasteiger partial charge is 0.461 e. The van der Waals surface area contributed by atoms with E-state index in [2.05, 4.69) is 30.9 Å². The van der Waals surface area contributed by atoms with E-state index >= 15 is 0 Å². The molecule has 2 heterocycles. The molecule has 114 valence electrons. The SMILES string of the molecule is Cc1oc2ccccc2c1C(CN)N1CCOCC1(C)C. The average Bonchev–Trinajstić information content (AvgIpc) is 2.78. The molecule has 2 aromatic rings. The van der Waals surface area contributed by atoms with Crippen LogP contribution in [0.3, 0.4) is 0 Å². The van der Waals surface area contributed by atoms with E-state index in [4.69, 9.17) is 14.9 Å². The van der Waals surface area contributed by atoms with E-state index in [1.807, 2.05) is 19.1 Å². The maximum Gasteiger partial charge on any atom is 0.134 e. The normalized spacial score (nSPS) is 20.8. The van der Waals surface area contributed by atoms with Crippen molar-refractivity contribution in [3.63, 3.8) is 0 Å². The maximum absolute atomic E-state index is 6.15. The Morgan fingerprint density at radius 3 is 2.81 bits per heavy atom. The Hall–Kier alpha value is -1.36. The van der Waals surface area contributed by atoms with Crippen LogP contribution in [-0.2, 0) is 4.74 Å². The van der Waals surface area contributed by atoms with E-state index in [-0.39, 0.29) is 11.6 Å². The second-order valence-electron chi connectivity index (χ2n) is 6.38. The van der Waals surface area contributed by atoms with Crippen LogP contribution in [0.15, 0.2) is 28.7 Å². The van der Waals surface area contributed by atoms with Crippen molar-refractivity contribution in [1.29, 1.82) is 0 Å². The number of fused-ring (bicyclic) bond motifs is 1. The van der Waals surface area contributed by atoms with Crippen LogP contribution in [0.2, 0.25) is 0 Å². The standard InChI is InChI=1S/C17H24N2O2/c1-12-16(13-6-4-5-7-15(13)21-12)14(10-18)19-8-9-20-11-17(19,2)3/h4-7,14H,8-11,18H2,1-3H3. The van der Waals surface area contributed by atoms with Crippen LogP contribution in [0.4, 0.5) is 0 Å². The van der Waals surface area contributed by atoms with E-state index in [9.17, 15) is 0 Å². The molecule has 3 rings (SSSR count). The van der Waals surface area contributed by atoms with Gasteiger partial charge in [0.1, 0.15) is 11.3 Å². The summed E-state index contributed by atoms with van der Waals surface area (Å²) < 4.78 is 11.6. The van der Waals surface area contributed by atoms with Gasteiger partial charge in [0.2, 0.25) is 0 Å². The van der Waals surface area contributed by atoms with Crippen molar-refractivity contribution >= 4 is 11.0 Å². The molecule has 0 saturated carbocycles. The molecule has 2 N–H and O–H groups in total. The van der Waals surface area contributed by atoms with E-state index in [1.54, 1.807) is 0 Å².